The second-order valence-corrected chi connectivity index (χ2v) is 5.46. The first-order chi connectivity index (χ1) is 9.71. The summed E-state index contributed by atoms with van der Waals surface area (Å²) in [4.78, 5) is 11.9. The van der Waals surface area contributed by atoms with Crippen molar-refractivity contribution < 1.29 is 9.53 Å². The van der Waals surface area contributed by atoms with Gasteiger partial charge in [-0.1, -0.05) is 45.7 Å². The number of hydrogen-bond donors (Lipinski definition) is 0. The quantitative estimate of drug-likeness (QED) is 0.544. The molecule has 0 aliphatic heterocycles. The van der Waals surface area contributed by atoms with Gasteiger partial charge < -0.3 is 4.74 Å². The summed E-state index contributed by atoms with van der Waals surface area (Å²) in [5.41, 5.74) is 0.770. The van der Waals surface area contributed by atoms with E-state index in [1.54, 1.807) is 0 Å². The Morgan fingerprint density at radius 1 is 1.10 bits per heavy atom. The van der Waals surface area contributed by atoms with Gasteiger partial charge in [0.25, 0.3) is 0 Å². The fourth-order valence-corrected chi connectivity index (χ4v) is 2.47. The van der Waals surface area contributed by atoms with Crippen molar-refractivity contribution >= 4 is 5.78 Å². The maximum atomic E-state index is 11.9. The summed E-state index contributed by atoms with van der Waals surface area (Å²) in [6.45, 7) is 7.21. The highest BCUT2D eigenvalue weighted by atomic mass is 16.5. The van der Waals surface area contributed by atoms with Crippen LogP contribution in [0.3, 0.4) is 0 Å². The van der Waals surface area contributed by atoms with Crippen LogP contribution in [0.25, 0.3) is 0 Å². The number of hydrogen-bond acceptors (Lipinski definition) is 2. The van der Waals surface area contributed by atoms with Gasteiger partial charge in [-0.15, -0.1) is 0 Å². The van der Waals surface area contributed by atoms with E-state index in [0.29, 0.717) is 12.3 Å². The Balaban J connectivity index is 2.58. The normalized spacial score (nSPS) is 10.8. The van der Waals surface area contributed by atoms with Crippen LogP contribution < -0.4 is 4.74 Å². The van der Waals surface area contributed by atoms with Gasteiger partial charge in [0, 0.05) is 12.0 Å². The summed E-state index contributed by atoms with van der Waals surface area (Å²) in [5.74, 6) is 1.65. The molecule has 0 aromatic heterocycles. The highest BCUT2D eigenvalue weighted by molar-refractivity contribution is 5.96. The lowest BCUT2D eigenvalue weighted by molar-refractivity contribution is 0.0981. The molecule has 0 heterocycles. The molecule has 0 aliphatic carbocycles. The number of benzene rings is 1. The zero-order valence-corrected chi connectivity index (χ0v) is 13.2. The minimum atomic E-state index is 0.205. The molecular formula is C18H28O2. The third-order valence-electron chi connectivity index (χ3n) is 3.51. The molecule has 0 saturated carbocycles. The molecule has 0 atom stereocenters. The van der Waals surface area contributed by atoms with Crippen LogP contribution in [-0.4, -0.2) is 12.4 Å². The third kappa shape index (κ3) is 5.77. The lowest BCUT2D eigenvalue weighted by Gasteiger charge is -2.16. The standard InChI is InChI=1S/C18H28O2/c1-4-8-15(9-5-2)14-20-17-12-7-11-16(13-17)18(19)10-6-3/h7,11-13,15H,4-6,8-10,14H2,1-3H3. The van der Waals surface area contributed by atoms with E-state index < -0.39 is 0 Å². The molecule has 0 fully saturated rings. The van der Waals surface area contributed by atoms with Gasteiger partial charge in [-0.3, -0.25) is 4.79 Å². The molecule has 0 amide bonds. The molecule has 20 heavy (non-hydrogen) atoms. The van der Waals surface area contributed by atoms with Crippen LogP contribution in [0, 0.1) is 5.92 Å². The highest BCUT2D eigenvalue weighted by Crippen LogP contribution is 2.19. The van der Waals surface area contributed by atoms with Crippen LogP contribution in [0.15, 0.2) is 24.3 Å². The van der Waals surface area contributed by atoms with E-state index in [4.69, 9.17) is 4.74 Å². The average Bonchev–Trinajstić information content (AvgIpc) is 2.46. The maximum Gasteiger partial charge on any atom is 0.162 e. The first kappa shape index (κ1) is 16.7. The summed E-state index contributed by atoms with van der Waals surface area (Å²) in [5, 5.41) is 0. The summed E-state index contributed by atoms with van der Waals surface area (Å²) < 4.78 is 5.89. The van der Waals surface area contributed by atoms with Crippen molar-refractivity contribution in [2.24, 2.45) is 5.92 Å². The van der Waals surface area contributed by atoms with Gasteiger partial charge in [0.1, 0.15) is 5.75 Å². The van der Waals surface area contributed by atoms with Crippen LogP contribution in [0.5, 0.6) is 5.75 Å². The molecule has 0 bridgehead atoms. The topological polar surface area (TPSA) is 26.3 Å². The summed E-state index contributed by atoms with van der Waals surface area (Å²) in [6, 6.07) is 7.61. The van der Waals surface area contributed by atoms with Crippen molar-refractivity contribution in [2.45, 2.75) is 59.3 Å². The second kappa shape index (κ2) is 9.57. The van der Waals surface area contributed by atoms with Crippen LogP contribution in [-0.2, 0) is 0 Å². The zero-order chi connectivity index (χ0) is 14.8. The van der Waals surface area contributed by atoms with Gasteiger partial charge in [0.05, 0.1) is 6.61 Å². The fraction of sp³-hybridized carbons (Fsp3) is 0.611. The highest BCUT2D eigenvalue weighted by Gasteiger charge is 2.09. The van der Waals surface area contributed by atoms with Crippen molar-refractivity contribution in [3.8, 4) is 5.75 Å². The Hall–Kier alpha value is -1.31. The van der Waals surface area contributed by atoms with Gasteiger partial charge in [0.2, 0.25) is 0 Å². The van der Waals surface area contributed by atoms with Crippen molar-refractivity contribution in [3.05, 3.63) is 29.8 Å². The predicted molar refractivity (Wildman–Crippen MR) is 84.5 cm³/mol. The maximum absolute atomic E-state index is 11.9. The molecule has 1 aromatic carbocycles. The average molecular weight is 276 g/mol. The largest absolute Gasteiger partial charge is 0.493 e. The van der Waals surface area contributed by atoms with Gasteiger partial charge in [-0.25, -0.2) is 0 Å². The van der Waals surface area contributed by atoms with E-state index in [-0.39, 0.29) is 5.78 Å². The van der Waals surface area contributed by atoms with Gasteiger partial charge >= 0.3 is 0 Å². The molecule has 2 heteroatoms. The molecule has 0 unspecified atom stereocenters. The molecule has 112 valence electrons. The smallest absolute Gasteiger partial charge is 0.162 e. The molecule has 1 aromatic rings. The number of ketones is 1. The fourth-order valence-electron chi connectivity index (χ4n) is 2.47. The van der Waals surface area contributed by atoms with E-state index >= 15 is 0 Å². The Bertz CT molecular complexity index is 392. The van der Waals surface area contributed by atoms with Crippen LogP contribution >= 0.6 is 0 Å². The van der Waals surface area contributed by atoms with Crippen LogP contribution in [0.1, 0.15) is 69.7 Å². The van der Waals surface area contributed by atoms with E-state index in [2.05, 4.69) is 13.8 Å². The van der Waals surface area contributed by atoms with E-state index in [1.807, 2.05) is 31.2 Å². The Labute approximate surface area is 123 Å². The molecule has 1 rings (SSSR count). The summed E-state index contributed by atoms with van der Waals surface area (Å²) >= 11 is 0. The first-order valence-electron chi connectivity index (χ1n) is 7.97. The molecule has 2 nitrogen and oxygen atoms in total. The molecular weight excluding hydrogens is 248 g/mol. The number of carbonyl (C=O) groups excluding carboxylic acids is 1. The van der Waals surface area contributed by atoms with Gasteiger partial charge in [-0.05, 0) is 37.3 Å². The predicted octanol–water partition coefficient (Wildman–Crippen LogP) is 5.26. The van der Waals surface area contributed by atoms with Crippen LogP contribution in [0.2, 0.25) is 0 Å². The minimum absolute atomic E-state index is 0.205. The summed E-state index contributed by atoms with van der Waals surface area (Å²) in [7, 11) is 0. The van der Waals surface area contributed by atoms with Crippen molar-refractivity contribution in [2.75, 3.05) is 6.61 Å². The van der Waals surface area contributed by atoms with Crippen molar-refractivity contribution in [1.82, 2.24) is 0 Å². The lowest BCUT2D eigenvalue weighted by Crippen LogP contribution is -2.12. The van der Waals surface area contributed by atoms with Crippen LogP contribution in [0.4, 0.5) is 0 Å². The first-order valence-corrected chi connectivity index (χ1v) is 7.97. The van der Waals surface area contributed by atoms with Crippen molar-refractivity contribution in [1.29, 1.82) is 0 Å². The summed E-state index contributed by atoms with van der Waals surface area (Å²) in [6.07, 6.45) is 6.31. The molecule has 0 spiro atoms. The Morgan fingerprint density at radius 2 is 1.80 bits per heavy atom. The third-order valence-corrected chi connectivity index (χ3v) is 3.51. The number of rotatable bonds is 10. The van der Waals surface area contributed by atoms with Crippen molar-refractivity contribution in [3.63, 3.8) is 0 Å². The zero-order valence-electron chi connectivity index (χ0n) is 13.2. The monoisotopic (exact) mass is 276 g/mol. The number of Topliss-reactive ketones (excluding diaryl/α,β-unsaturated/α-hetero) is 1. The minimum Gasteiger partial charge on any atom is -0.493 e. The number of ether oxygens (including phenoxy) is 1. The van der Waals surface area contributed by atoms with Gasteiger partial charge in [-0.2, -0.15) is 0 Å². The Morgan fingerprint density at radius 3 is 2.40 bits per heavy atom. The second-order valence-electron chi connectivity index (χ2n) is 5.46. The molecule has 0 radical (unpaired) electrons. The molecule has 0 saturated heterocycles. The lowest BCUT2D eigenvalue weighted by atomic mass is 9.99. The van der Waals surface area contributed by atoms with E-state index in [9.17, 15) is 4.79 Å². The van der Waals surface area contributed by atoms with E-state index in [1.165, 1.54) is 25.7 Å². The molecule has 0 aliphatic rings. The number of carbonyl (C=O) groups is 1. The van der Waals surface area contributed by atoms with E-state index in [0.717, 1.165) is 24.3 Å². The SMILES string of the molecule is CCCC(=O)c1cccc(OCC(CCC)CCC)c1. The Kier molecular flexibility index (Phi) is 8.01. The molecule has 0 N–H and O–H groups in total. The van der Waals surface area contributed by atoms with Gasteiger partial charge in [0.15, 0.2) is 5.78 Å².